The predicted octanol–water partition coefficient (Wildman–Crippen LogP) is 0.709. The molecule has 1 heterocycles. The minimum Gasteiger partial charge on any atom is -0.354 e. The highest BCUT2D eigenvalue weighted by molar-refractivity contribution is 6.22. The molecule has 1 aliphatic rings. The van der Waals surface area contributed by atoms with E-state index in [1.807, 2.05) is 0 Å². The molecule has 1 aromatic rings. The number of imide groups is 1. The number of hydrogen-bond donors (Lipinski definition) is 1. The van der Waals surface area contributed by atoms with Crippen LogP contribution in [0, 0.1) is 0 Å². The number of azide groups is 1. The van der Waals surface area contributed by atoms with Crippen molar-refractivity contribution in [2.24, 2.45) is 5.11 Å². The van der Waals surface area contributed by atoms with Gasteiger partial charge in [0.05, 0.1) is 11.1 Å². The maximum atomic E-state index is 12.0. The van der Waals surface area contributed by atoms with E-state index in [0.29, 0.717) is 11.1 Å². The van der Waals surface area contributed by atoms with Crippen LogP contribution in [0.25, 0.3) is 10.4 Å². The van der Waals surface area contributed by atoms with Crippen LogP contribution in [0.5, 0.6) is 0 Å². The van der Waals surface area contributed by atoms with Gasteiger partial charge in [-0.25, -0.2) is 0 Å². The molecule has 0 radical (unpaired) electrons. The highest BCUT2D eigenvalue weighted by atomic mass is 16.2. The number of fused-ring (bicyclic) bond motifs is 1. The summed E-state index contributed by atoms with van der Waals surface area (Å²) in [4.78, 5) is 39.0. The van der Waals surface area contributed by atoms with E-state index in [1.54, 1.807) is 24.3 Å². The Labute approximate surface area is 114 Å². The van der Waals surface area contributed by atoms with E-state index in [4.69, 9.17) is 5.53 Å². The van der Waals surface area contributed by atoms with Gasteiger partial charge in [0.25, 0.3) is 11.8 Å². The summed E-state index contributed by atoms with van der Waals surface area (Å²) in [6.07, 6.45) is 0. The molecule has 0 saturated heterocycles. The Hall–Kier alpha value is -2.86. The van der Waals surface area contributed by atoms with Gasteiger partial charge in [0, 0.05) is 18.0 Å². The molecular formula is C12H11N5O3. The van der Waals surface area contributed by atoms with Gasteiger partial charge in [0.2, 0.25) is 5.91 Å². The molecule has 3 amide bonds. The first-order valence-electron chi connectivity index (χ1n) is 5.88. The van der Waals surface area contributed by atoms with Crippen molar-refractivity contribution in [1.82, 2.24) is 10.2 Å². The minimum absolute atomic E-state index is 0.115. The van der Waals surface area contributed by atoms with Crippen molar-refractivity contribution >= 4 is 17.7 Å². The summed E-state index contributed by atoms with van der Waals surface area (Å²) in [5.41, 5.74) is 8.69. The van der Waals surface area contributed by atoms with Gasteiger partial charge >= 0.3 is 0 Å². The van der Waals surface area contributed by atoms with Crippen LogP contribution in [-0.2, 0) is 4.79 Å². The van der Waals surface area contributed by atoms with E-state index in [-0.39, 0.29) is 19.6 Å². The summed E-state index contributed by atoms with van der Waals surface area (Å²) in [6, 6.07) is 6.42. The van der Waals surface area contributed by atoms with Crippen molar-refractivity contribution in [2.75, 3.05) is 19.6 Å². The number of carbonyl (C=O) groups is 3. The summed E-state index contributed by atoms with van der Waals surface area (Å²) < 4.78 is 0. The molecule has 0 spiro atoms. The lowest BCUT2D eigenvalue weighted by Crippen LogP contribution is -2.41. The molecule has 2 rings (SSSR count). The summed E-state index contributed by atoms with van der Waals surface area (Å²) in [5, 5.41) is 5.72. The monoisotopic (exact) mass is 273 g/mol. The normalized spacial score (nSPS) is 12.9. The van der Waals surface area contributed by atoms with E-state index < -0.39 is 17.7 Å². The fraction of sp³-hybridized carbons (Fsp3) is 0.250. The Balaban J connectivity index is 1.98. The molecule has 0 aliphatic carbocycles. The largest absolute Gasteiger partial charge is 0.354 e. The molecule has 0 unspecified atom stereocenters. The van der Waals surface area contributed by atoms with Crippen molar-refractivity contribution in [3.05, 3.63) is 45.8 Å². The molecule has 20 heavy (non-hydrogen) atoms. The van der Waals surface area contributed by atoms with Gasteiger partial charge in [0.1, 0.15) is 6.54 Å². The lowest BCUT2D eigenvalue weighted by Gasteiger charge is -2.13. The van der Waals surface area contributed by atoms with Crippen LogP contribution in [0.15, 0.2) is 29.4 Å². The third-order valence-corrected chi connectivity index (χ3v) is 2.78. The van der Waals surface area contributed by atoms with Crippen LogP contribution in [-0.4, -0.2) is 42.3 Å². The summed E-state index contributed by atoms with van der Waals surface area (Å²) in [6.45, 7) is -0.0704. The van der Waals surface area contributed by atoms with Crippen molar-refractivity contribution in [1.29, 1.82) is 0 Å². The van der Waals surface area contributed by atoms with Crippen LogP contribution in [0.1, 0.15) is 20.7 Å². The SMILES string of the molecule is [N-]=[N+]=NCCNC(=O)CN1C(=O)c2ccccc2C1=O. The standard InChI is InChI=1S/C12H11N5O3/c13-16-15-6-5-14-10(18)7-17-11(19)8-3-1-2-4-9(8)12(17)20/h1-4H,5-7H2,(H,14,18). The Morgan fingerprint density at radius 3 is 2.40 bits per heavy atom. The van der Waals surface area contributed by atoms with Crippen LogP contribution in [0.3, 0.4) is 0 Å². The van der Waals surface area contributed by atoms with Gasteiger partial charge in [-0.05, 0) is 17.7 Å². The van der Waals surface area contributed by atoms with E-state index in [1.165, 1.54) is 0 Å². The second-order valence-electron chi connectivity index (χ2n) is 4.05. The van der Waals surface area contributed by atoms with E-state index in [2.05, 4.69) is 15.3 Å². The van der Waals surface area contributed by atoms with Gasteiger partial charge in [-0.3, -0.25) is 19.3 Å². The Morgan fingerprint density at radius 2 is 1.85 bits per heavy atom. The molecule has 8 nitrogen and oxygen atoms in total. The van der Waals surface area contributed by atoms with Gasteiger partial charge in [0.15, 0.2) is 0 Å². The van der Waals surface area contributed by atoms with Gasteiger partial charge < -0.3 is 5.32 Å². The molecule has 102 valence electrons. The van der Waals surface area contributed by atoms with E-state index in [0.717, 1.165) is 4.90 Å². The zero-order valence-corrected chi connectivity index (χ0v) is 10.4. The first kappa shape index (κ1) is 13.6. The number of hydrogen-bond acceptors (Lipinski definition) is 4. The quantitative estimate of drug-likeness (QED) is 0.280. The fourth-order valence-electron chi connectivity index (χ4n) is 1.87. The van der Waals surface area contributed by atoms with Crippen LogP contribution < -0.4 is 5.32 Å². The lowest BCUT2D eigenvalue weighted by molar-refractivity contribution is -0.121. The first-order chi connectivity index (χ1) is 9.65. The zero-order chi connectivity index (χ0) is 14.5. The number of rotatable bonds is 5. The highest BCUT2D eigenvalue weighted by Crippen LogP contribution is 2.21. The number of nitrogens with zero attached hydrogens (tertiary/aromatic N) is 4. The molecule has 1 aliphatic heterocycles. The smallest absolute Gasteiger partial charge is 0.262 e. The zero-order valence-electron chi connectivity index (χ0n) is 10.4. The minimum atomic E-state index is -0.479. The molecule has 0 atom stereocenters. The molecule has 1 aromatic carbocycles. The molecule has 0 fully saturated rings. The van der Waals surface area contributed by atoms with E-state index >= 15 is 0 Å². The second-order valence-corrected chi connectivity index (χ2v) is 4.05. The first-order valence-corrected chi connectivity index (χ1v) is 5.88. The van der Waals surface area contributed by atoms with Crippen LogP contribution in [0.4, 0.5) is 0 Å². The average molecular weight is 273 g/mol. The maximum Gasteiger partial charge on any atom is 0.262 e. The van der Waals surface area contributed by atoms with Crippen molar-refractivity contribution in [3.8, 4) is 0 Å². The fourth-order valence-corrected chi connectivity index (χ4v) is 1.87. The Morgan fingerprint density at radius 1 is 1.25 bits per heavy atom. The molecule has 0 saturated carbocycles. The predicted molar refractivity (Wildman–Crippen MR) is 68.8 cm³/mol. The molecule has 1 N–H and O–H groups in total. The third kappa shape index (κ3) is 2.60. The van der Waals surface area contributed by atoms with Crippen molar-refractivity contribution in [2.45, 2.75) is 0 Å². The van der Waals surface area contributed by atoms with Crippen LogP contribution in [0.2, 0.25) is 0 Å². The number of benzene rings is 1. The molecular weight excluding hydrogens is 262 g/mol. The lowest BCUT2D eigenvalue weighted by atomic mass is 10.1. The van der Waals surface area contributed by atoms with Gasteiger partial charge in [-0.1, -0.05) is 17.2 Å². The van der Waals surface area contributed by atoms with Crippen molar-refractivity contribution < 1.29 is 14.4 Å². The summed E-state index contributed by atoms with van der Waals surface area (Å²) in [5.74, 6) is -1.43. The molecule has 0 aromatic heterocycles. The Bertz CT molecular complexity index is 586. The van der Waals surface area contributed by atoms with E-state index in [9.17, 15) is 14.4 Å². The Kier molecular flexibility index (Phi) is 3.97. The second kappa shape index (κ2) is 5.85. The number of carbonyl (C=O) groups excluding carboxylic acids is 3. The molecule has 8 heteroatoms. The average Bonchev–Trinajstić information content (AvgIpc) is 2.69. The number of amides is 3. The van der Waals surface area contributed by atoms with Crippen LogP contribution >= 0.6 is 0 Å². The third-order valence-electron chi connectivity index (χ3n) is 2.78. The van der Waals surface area contributed by atoms with Gasteiger partial charge in [-0.2, -0.15) is 0 Å². The number of nitrogens with one attached hydrogen (secondary N) is 1. The highest BCUT2D eigenvalue weighted by Gasteiger charge is 2.35. The van der Waals surface area contributed by atoms with Crippen molar-refractivity contribution in [3.63, 3.8) is 0 Å². The molecule has 0 bridgehead atoms. The topological polar surface area (TPSA) is 115 Å². The summed E-state index contributed by atoms with van der Waals surface area (Å²) in [7, 11) is 0. The maximum absolute atomic E-state index is 12.0. The van der Waals surface area contributed by atoms with Gasteiger partial charge in [-0.15, -0.1) is 0 Å². The summed E-state index contributed by atoms with van der Waals surface area (Å²) >= 11 is 0.